The molecule has 1 unspecified atom stereocenters. The number of para-hydroxylation sites is 1. The number of nitrogens with zero attached hydrogens (tertiary/aromatic N) is 1. The fraction of sp³-hybridized carbons (Fsp3) is 0.125. The average molecular weight is 467 g/mol. The van der Waals surface area contributed by atoms with Crippen LogP contribution >= 0.6 is 0 Å². The number of pyridine rings is 1. The number of hydrogen-bond acceptors (Lipinski definition) is 6. The van der Waals surface area contributed by atoms with Crippen molar-refractivity contribution in [3.63, 3.8) is 0 Å². The highest BCUT2D eigenvalue weighted by Gasteiger charge is 2.16. The summed E-state index contributed by atoms with van der Waals surface area (Å²) in [5.41, 5.74) is 2.64. The van der Waals surface area contributed by atoms with Gasteiger partial charge in [0.05, 0.1) is 19.7 Å². The highest BCUT2D eigenvalue weighted by Crippen LogP contribution is 2.40. The Hall–Kier alpha value is -3.53. The lowest BCUT2D eigenvalue weighted by Crippen LogP contribution is -2.15. The minimum atomic E-state index is -2.34. The van der Waals surface area contributed by atoms with Crippen molar-refractivity contribution in [2.75, 3.05) is 14.2 Å². The molecule has 170 valence electrons. The molecular formula is C24H20FN2O5S-. The second kappa shape index (κ2) is 9.95. The van der Waals surface area contributed by atoms with Crippen molar-refractivity contribution in [2.45, 2.75) is 6.54 Å². The van der Waals surface area contributed by atoms with Crippen LogP contribution in [0.15, 0.2) is 66.9 Å². The summed E-state index contributed by atoms with van der Waals surface area (Å²) >= 11 is -2.34. The van der Waals surface area contributed by atoms with E-state index in [0.29, 0.717) is 39.3 Å². The van der Waals surface area contributed by atoms with Crippen LogP contribution in [0.1, 0.15) is 5.56 Å². The van der Waals surface area contributed by atoms with Crippen LogP contribution in [0.25, 0.3) is 22.0 Å². The lowest BCUT2D eigenvalue weighted by molar-refractivity contribution is 0.355. The molecule has 0 fully saturated rings. The summed E-state index contributed by atoms with van der Waals surface area (Å²) in [4.78, 5) is 4.35. The molecule has 1 atom stereocenters. The summed E-state index contributed by atoms with van der Waals surface area (Å²) in [6.07, 6.45) is 1.58. The molecule has 3 aromatic carbocycles. The Balaban J connectivity index is 1.73. The molecule has 0 saturated carbocycles. The molecule has 4 rings (SSSR count). The second-order valence-corrected chi connectivity index (χ2v) is 7.76. The van der Waals surface area contributed by atoms with Crippen LogP contribution in [0.2, 0.25) is 0 Å². The van der Waals surface area contributed by atoms with E-state index in [2.05, 4.69) is 9.71 Å². The molecule has 7 nitrogen and oxygen atoms in total. The third-order valence-corrected chi connectivity index (χ3v) is 5.42. The highest BCUT2D eigenvalue weighted by molar-refractivity contribution is 7.77. The van der Waals surface area contributed by atoms with Crippen LogP contribution in [0.3, 0.4) is 0 Å². The topological polar surface area (TPSA) is 92.7 Å². The largest absolute Gasteiger partial charge is 0.760 e. The summed E-state index contributed by atoms with van der Waals surface area (Å²) in [6.45, 7) is 0.164. The first-order valence-electron chi connectivity index (χ1n) is 9.89. The zero-order chi connectivity index (χ0) is 23.4. The summed E-state index contributed by atoms with van der Waals surface area (Å²) in [5.74, 6) is 0.972. The zero-order valence-corrected chi connectivity index (χ0v) is 18.6. The van der Waals surface area contributed by atoms with E-state index < -0.39 is 17.1 Å². The van der Waals surface area contributed by atoms with Crippen LogP contribution in [0.4, 0.5) is 4.39 Å². The Morgan fingerprint density at radius 1 is 1.00 bits per heavy atom. The molecule has 33 heavy (non-hydrogen) atoms. The van der Waals surface area contributed by atoms with E-state index in [9.17, 15) is 13.2 Å². The first kappa shape index (κ1) is 22.7. The molecular weight excluding hydrogens is 447 g/mol. The van der Waals surface area contributed by atoms with Crippen molar-refractivity contribution in [2.24, 2.45) is 0 Å². The Morgan fingerprint density at radius 3 is 2.42 bits per heavy atom. The number of aromatic nitrogens is 1. The molecule has 1 aromatic heterocycles. The number of nitrogens with one attached hydrogen (secondary N) is 1. The number of methoxy groups -OCH3 is 2. The Labute approximate surface area is 192 Å². The van der Waals surface area contributed by atoms with Crippen molar-refractivity contribution < 1.29 is 27.4 Å². The van der Waals surface area contributed by atoms with Gasteiger partial charge in [-0.1, -0.05) is 36.4 Å². The smallest absolute Gasteiger partial charge is 0.170 e. The van der Waals surface area contributed by atoms with E-state index in [1.807, 2.05) is 0 Å². The Bertz CT molecular complexity index is 1310. The highest BCUT2D eigenvalue weighted by atomic mass is 32.2. The van der Waals surface area contributed by atoms with E-state index in [1.165, 1.54) is 20.3 Å². The fourth-order valence-corrected chi connectivity index (χ4v) is 3.72. The van der Waals surface area contributed by atoms with Crippen LogP contribution < -0.4 is 18.9 Å². The van der Waals surface area contributed by atoms with Gasteiger partial charge in [0.2, 0.25) is 0 Å². The van der Waals surface area contributed by atoms with Crippen LogP contribution in [-0.2, 0) is 17.8 Å². The van der Waals surface area contributed by atoms with Gasteiger partial charge in [-0.3, -0.25) is 9.19 Å². The van der Waals surface area contributed by atoms with E-state index in [-0.39, 0.29) is 12.3 Å². The van der Waals surface area contributed by atoms with Crippen LogP contribution in [-0.4, -0.2) is 28.0 Å². The molecule has 9 heteroatoms. The molecule has 0 aliphatic rings. The molecule has 0 amide bonds. The maximum Gasteiger partial charge on any atom is 0.170 e. The van der Waals surface area contributed by atoms with Gasteiger partial charge in [-0.15, -0.1) is 0 Å². The first-order chi connectivity index (χ1) is 16.0. The van der Waals surface area contributed by atoms with Gasteiger partial charge in [0.15, 0.2) is 23.1 Å². The van der Waals surface area contributed by atoms with Gasteiger partial charge >= 0.3 is 0 Å². The number of ether oxygens (including phenoxy) is 3. The van der Waals surface area contributed by atoms with Crippen molar-refractivity contribution in [3.05, 3.63) is 78.2 Å². The van der Waals surface area contributed by atoms with Crippen molar-refractivity contribution in [3.8, 4) is 34.1 Å². The van der Waals surface area contributed by atoms with Gasteiger partial charge in [0.25, 0.3) is 0 Å². The average Bonchev–Trinajstić information content (AvgIpc) is 2.83. The molecule has 4 aromatic rings. The quantitative estimate of drug-likeness (QED) is 0.377. The lowest BCUT2D eigenvalue weighted by Gasteiger charge is -2.15. The van der Waals surface area contributed by atoms with Crippen molar-refractivity contribution in [1.29, 1.82) is 0 Å². The molecule has 0 radical (unpaired) electrons. The molecule has 0 aliphatic heterocycles. The predicted molar refractivity (Wildman–Crippen MR) is 123 cm³/mol. The monoisotopic (exact) mass is 467 g/mol. The van der Waals surface area contributed by atoms with Gasteiger partial charge in [-0.25, -0.2) is 9.11 Å². The summed E-state index contributed by atoms with van der Waals surface area (Å²) in [7, 11) is 3.07. The van der Waals surface area contributed by atoms with E-state index >= 15 is 0 Å². The normalized spacial score (nSPS) is 11.9. The molecule has 0 spiro atoms. The summed E-state index contributed by atoms with van der Waals surface area (Å²) in [6, 6.07) is 16.9. The van der Waals surface area contributed by atoms with Gasteiger partial charge in [-0.05, 0) is 29.3 Å². The van der Waals surface area contributed by atoms with Gasteiger partial charge in [0.1, 0.15) is 5.75 Å². The molecule has 0 saturated heterocycles. The summed E-state index contributed by atoms with van der Waals surface area (Å²) in [5, 5.41) is 0.636. The Kier molecular flexibility index (Phi) is 6.83. The van der Waals surface area contributed by atoms with E-state index in [1.54, 1.807) is 60.8 Å². The SMILES string of the molecule is COc1cc2nccc(Oc3c(F)cccc3-c3ccc(CNS(=O)[O-])cc3)c2cc1OC. The number of fused-ring (bicyclic) bond motifs is 1. The minimum Gasteiger partial charge on any atom is -0.760 e. The van der Waals surface area contributed by atoms with Crippen molar-refractivity contribution >= 4 is 22.2 Å². The van der Waals surface area contributed by atoms with E-state index in [4.69, 9.17) is 14.2 Å². The maximum absolute atomic E-state index is 14.9. The number of benzene rings is 3. The fourth-order valence-electron chi connectivity index (χ4n) is 3.43. The van der Waals surface area contributed by atoms with E-state index in [0.717, 1.165) is 5.56 Å². The number of hydrogen-bond donors (Lipinski definition) is 1. The van der Waals surface area contributed by atoms with Gasteiger partial charge < -0.3 is 18.8 Å². The summed E-state index contributed by atoms with van der Waals surface area (Å²) < 4.78 is 55.4. The Morgan fingerprint density at radius 2 is 1.73 bits per heavy atom. The van der Waals surface area contributed by atoms with Gasteiger partial charge in [0, 0.05) is 41.0 Å². The van der Waals surface area contributed by atoms with Crippen LogP contribution in [0, 0.1) is 5.82 Å². The molecule has 1 heterocycles. The second-order valence-electron chi connectivity index (χ2n) is 7.00. The van der Waals surface area contributed by atoms with Crippen molar-refractivity contribution in [1.82, 2.24) is 9.71 Å². The molecule has 0 aliphatic carbocycles. The minimum absolute atomic E-state index is 0.0614. The standard InChI is InChI=1S/C24H21FN2O5S/c1-30-22-12-18-20(13-23(22)31-2)26-11-10-21(18)32-24-17(4-3-5-19(24)25)16-8-6-15(7-9-16)14-27-33(28)29/h3-13,27H,14H2,1-2H3,(H,28,29)/p-1. The third-order valence-electron chi connectivity index (χ3n) is 5.04. The molecule has 1 N–H and O–H groups in total. The molecule has 0 bridgehead atoms. The maximum atomic E-state index is 14.9. The zero-order valence-electron chi connectivity index (χ0n) is 17.8. The number of rotatable bonds is 8. The lowest BCUT2D eigenvalue weighted by atomic mass is 10.0. The number of halogens is 1. The first-order valence-corrected chi connectivity index (χ1v) is 11.0. The third kappa shape index (κ3) is 4.95. The van der Waals surface area contributed by atoms with Crippen LogP contribution in [0.5, 0.6) is 23.0 Å². The van der Waals surface area contributed by atoms with Gasteiger partial charge in [-0.2, -0.15) is 0 Å². The predicted octanol–water partition coefficient (Wildman–Crippen LogP) is 4.73.